The van der Waals surface area contributed by atoms with Crippen LogP contribution in [0, 0.1) is 0 Å². The zero-order valence-corrected chi connectivity index (χ0v) is 19.9. The number of carbonyl (C=O) groups excluding carboxylic acids is 2. The van der Waals surface area contributed by atoms with E-state index in [1.165, 1.54) is 5.69 Å². The van der Waals surface area contributed by atoms with Gasteiger partial charge < -0.3 is 19.9 Å². The van der Waals surface area contributed by atoms with Crippen molar-refractivity contribution < 1.29 is 14.3 Å². The van der Waals surface area contributed by atoms with Crippen molar-refractivity contribution in [3.63, 3.8) is 0 Å². The minimum Gasteiger partial charge on any atom is -0.497 e. The average molecular weight is 463 g/mol. The first-order valence-electron chi connectivity index (χ1n) is 12.4. The van der Waals surface area contributed by atoms with Crippen LogP contribution >= 0.6 is 0 Å². The van der Waals surface area contributed by atoms with Gasteiger partial charge >= 0.3 is 0 Å². The van der Waals surface area contributed by atoms with E-state index in [-0.39, 0.29) is 11.8 Å². The van der Waals surface area contributed by atoms with Gasteiger partial charge in [0, 0.05) is 56.1 Å². The standard InChI is InChI=1S/C27H34N4O3/c1-34-25-12-10-23(11-13-25)29-14-16-30(17-15-29)26(32)19-31(24-8-9-24)18-20-2-4-21(5-3-20)27(33)28-22-6-7-22/h2-5,10-13,22,24H,6-9,14-19H2,1H3,(H,28,33). The van der Waals surface area contributed by atoms with Crippen molar-refractivity contribution in [3.05, 3.63) is 59.7 Å². The summed E-state index contributed by atoms with van der Waals surface area (Å²) < 4.78 is 5.25. The van der Waals surface area contributed by atoms with Gasteiger partial charge in [0.15, 0.2) is 0 Å². The molecule has 2 aromatic rings. The molecule has 34 heavy (non-hydrogen) atoms. The molecule has 3 fully saturated rings. The Labute approximate surface area is 201 Å². The molecule has 2 saturated carbocycles. The quantitative estimate of drug-likeness (QED) is 0.621. The summed E-state index contributed by atoms with van der Waals surface area (Å²) >= 11 is 0. The Bertz CT molecular complexity index is 992. The Hall–Kier alpha value is -3.06. The molecule has 0 atom stereocenters. The first-order chi connectivity index (χ1) is 16.6. The van der Waals surface area contributed by atoms with Gasteiger partial charge in [0.25, 0.3) is 5.91 Å². The van der Waals surface area contributed by atoms with Crippen LogP contribution in [0.3, 0.4) is 0 Å². The van der Waals surface area contributed by atoms with Crippen LogP contribution in [0.15, 0.2) is 48.5 Å². The maximum atomic E-state index is 13.1. The highest BCUT2D eigenvalue weighted by Crippen LogP contribution is 2.29. The van der Waals surface area contributed by atoms with E-state index in [1.807, 2.05) is 41.3 Å². The van der Waals surface area contributed by atoms with Crippen molar-refractivity contribution in [3.8, 4) is 5.75 Å². The fourth-order valence-corrected chi connectivity index (χ4v) is 4.53. The molecule has 180 valence electrons. The van der Waals surface area contributed by atoms with Crippen LogP contribution in [0.4, 0.5) is 5.69 Å². The molecule has 1 heterocycles. The third-order valence-electron chi connectivity index (χ3n) is 6.99. The number of methoxy groups -OCH3 is 1. The minimum absolute atomic E-state index is 0.0112. The molecule has 0 radical (unpaired) electrons. The third-order valence-corrected chi connectivity index (χ3v) is 6.99. The largest absolute Gasteiger partial charge is 0.497 e. The molecule has 1 N–H and O–H groups in total. The highest BCUT2D eigenvalue weighted by molar-refractivity contribution is 5.94. The number of hydrogen-bond donors (Lipinski definition) is 1. The number of carbonyl (C=O) groups is 2. The topological polar surface area (TPSA) is 65.1 Å². The lowest BCUT2D eigenvalue weighted by Crippen LogP contribution is -2.51. The smallest absolute Gasteiger partial charge is 0.251 e. The molecule has 0 unspecified atom stereocenters. The monoisotopic (exact) mass is 462 g/mol. The number of rotatable bonds is 9. The van der Waals surface area contributed by atoms with E-state index in [0.717, 1.165) is 69.7 Å². The molecular weight excluding hydrogens is 428 g/mol. The lowest BCUT2D eigenvalue weighted by Gasteiger charge is -2.37. The first kappa shape index (κ1) is 22.7. The predicted octanol–water partition coefficient (Wildman–Crippen LogP) is 2.90. The zero-order valence-electron chi connectivity index (χ0n) is 19.9. The Morgan fingerprint density at radius 3 is 2.21 bits per heavy atom. The number of benzene rings is 2. The number of nitrogens with zero attached hydrogens (tertiary/aromatic N) is 3. The van der Waals surface area contributed by atoms with Crippen LogP contribution in [0.5, 0.6) is 5.75 Å². The summed E-state index contributed by atoms with van der Waals surface area (Å²) in [4.78, 5) is 32.0. The summed E-state index contributed by atoms with van der Waals surface area (Å²) in [5.74, 6) is 1.08. The fourth-order valence-electron chi connectivity index (χ4n) is 4.53. The van der Waals surface area contributed by atoms with Gasteiger partial charge in [0.2, 0.25) is 5.91 Å². The van der Waals surface area contributed by atoms with Gasteiger partial charge in [-0.25, -0.2) is 0 Å². The van der Waals surface area contributed by atoms with Crippen molar-refractivity contribution >= 4 is 17.5 Å². The predicted molar refractivity (Wildman–Crippen MR) is 132 cm³/mol. The van der Waals surface area contributed by atoms with Crippen molar-refractivity contribution in [2.75, 3.05) is 44.7 Å². The van der Waals surface area contributed by atoms with E-state index in [0.29, 0.717) is 24.2 Å². The van der Waals surface area contributed by atoms with Crippen molar-refractivity contribution in [2.24, 2.45) is 0 Å². The Balaban J connectivity index is 1.12. The van der Waals surface area contributed by atoms with E-state index in [4.69, 9.17) is 4.74 Å². The van der Waals surface area contributed by atoms with Crippen LogP contribution in [0.1, 0.15) is 41.6 Å². The van der Waals surface area contributed by atoms with E-state index in [9.17, 15) is 9.59 Å². The molecular formula is C27H34N4O3. The normalized spacial score (nSPS) is 18.2. The number of amides is 2. The molecule has 2 amide bonds. The lowest BCUT2D eigenvalue weighted by molar-refractivity contribution is -0.133. The summed E-state index contributed by atoms with van der Waals surface area (Å²) in [6, 6.07) is 16.8. The van der Waals surface area contributed by atoms with E-state index in [2.05, 4.69) is 27.2 Å². The second kappa shape index (κ2) is 10.1. The van der Waals surface area contributed by atoms with Crippen molar-refractivity contribution in [2.45, 2.75) is 44.3 Å². The van der Waals surface area contributed by atoms with E-state index >= 15 is 0 Å². The third kappa shape index (κ3) is 5.70. The Morgan fingerprint density at radius 2 is 1.62 bits per heavy atom. The van der Waals surface area contributed by atoms with Crippen LogP contribution in [-0.2, 0) is 11.3 Å². The highest BCUT2D eigenvalue weighted by atomic mass is 16.5. The maximum Gasteiger partial charge on any atom is 0.251 e. The number of hydrogen-bond acceptors (Lipinski definition) is 5. The van der Waals surface area contributed by atoms with Crippen molar-refractivity contribution in [1.29, 1.82) is 0 Å². The highest BCUT2D eigenvalue weighted by Gasteiger charge is 2.32. The molecule has 7 heteroatoms. The summed E-state index contributed by atoms with van der Waals surface area (Å²) in [5, 5.41) is 3.03. The molecule has 3 aliphatic rings. The molecule has 0 bridgehead atoms. The van der Waals surface area contributed by atoms with Gasteiger partial charge in [0.05, 0.1) is 13.7 Å². The van der Waals surface area contributed by atoms with Crippen LogP contribution in [0.2, 0.25) is 0 Å². The zero-order chi connectivity index (χ0) is 23.5. The average Bonchev–Trinajstić information content (AvgIpc) is 3.79. The minimum atomic E-state index is 0.0112. The SMILES string of the molecule is COc1ccc(N2CCN(C(=O)CN(Cc3ccc(C(=O)NC4CC4)cc3)C3CC3)CC2)cc1. The maximum absolute atomic E-state index is 13.1. The molecule has 1 aliphatic heterocycles. The van der Waals surface area contributed by atoms with Crippen LogP contribution in [0.25, 0.3) is 0 Å². The van der Waals surface area contributed by atoms with Gasteiger partial charge in [0.1, 0.15) is 5.75 Å². The lowest BCUT2D eigenvalue weighted by atomic mass is 10.1. The number of ether oxygens (including phenoxy) is 1. The van der Waals surface area contributed by atoms with Crippen LogP contribution in [-0.4, -0.2) is 73.5 Å². The number of piperazine rings is 1. The summed E-state index contributed by atoms with van der Waals surface area (Å²) in [7, 11) is 1.67. The second-order valence-corrected chi connectivity index (χ2v) is 9.65. The van der Waals surface area contributed by atoms with Gasteiger partial charge in [-0.3, -0.25) is 14.5 Å². The molecule has 2 aliphatic carbocycles. The second-order valence-electron chi connectivity index (χ2n) is 9.65. The van der Waals surface area contributed by atoms with Gasteiger partial charge in [-0.05, 0) is 67.6 Å². The molecule has 5 rings (SSSR count). The summed E-state index contributed by atoms with van der Waals surface area (Å²) in [6.07, 6.45) is 4.48. The summed E-state index contributed by atoms with van der Waals surface area (Å²) in [5.41, 5.74) is 3.02. The summed E-state index contributed by atoms with van der Waals surface area (Å²) in [6.45, 7) is 4.37. The molecule has 0 spiro atoms. The Morgan fingerprint density at radius 1 is 0.941 bits per heavy atom. The molecule has 0 aromatic heterocycles. The number of nitrogens with one attached hydrogen (secondary N) is 1. The van der Waals surface area contributed by atoms with Gasteiger partial charge in [-0.2, -0.15) is 0 Å². The fraction of sp³-hybridized carbons (Fsp3) is 0.481. The molecule has 2 aromatic carbocycles. The van der Waals surface area contributed by atoms with E-state index < -0.39 is 0 Å². The first-order valence-corrected chi connectivity index (χ1v) is 12.4. The van der Waals surface area contributed by atoms with Crippen LogP contribution < -0.4 is 15.0 Å². The van der Waals surface area contributed by atoms with Crippen molar-refractivity contribution in [1.82, 2.24) is 15.1 Å². The Kier molecular flexibility index (Phi) is 6.72. The molecule has 1 saturated heterocycles. The number of anilines is 1. The van der Waals surface area contributed by atoms with Gasteiger partial charge in [-0.15, -0.1) is 0 Å². The molecule has 7 nitrogen and oxygen atoms in total. The van der Waals surface area contributed by atoms with E-state index in [1.54, 1.807) is 7.11 Å². The van der Waals surface area contributed by atoms with Gasteiger partial charge in [-0.1, -0.05) is 12.1 Å².